The highest BCUT2D eigenvalue weighted by Crippen LogP contribution is 2.35. The van der Waals surface area contributed by atoms with Crippen LogP contribution in [0.5, 0.6) is 0 Å². The number of likely N-dealkylation sites (tertiary alicyclic amines) is 1. The molecule has 1 amide bonds. The molecule has 1 aromatic carbocycles. The van der Waals surface area contributed by atoms with Gasteiger partial charge in [-0.15, -0.1) is 0 Å². The van der Waals surface area contributed by atoms with Gasteiger partial charge in [-0.3, -0.25) is 9.69 Å². The predicted octanol–water partition coefficient (Wildman–Crippen LogP) is 3.93. The summed E-state index contributed by atoms with van der Waals surface area (Å²) in [6, 6.07) is 6.40. The maximum atomic E-state index is 13.2. The molecule has 1 saturated carbocycles. The van der Waals surface area contributed by atoms with Crippen molar-refractivity contribution in [2.24, 2.45) is 11.8 Å². The largest absolute Gasteiger partial charge is 0.383 e. The average Bonchev–Trinajstić information content (AvgIpc) is 3.53. The van der Waals surface area contributed by atoms with Crippen LogP contribution in [0.2, 0.25) is 0 Å². The van der Waals surface area contributed by atoms with Gasteiger partial charge in [-0.1, -0.05) is 6.92 Å². The van der Waals surface area contributed by atoms with Crippen molar-refractivity contribution in [3.63, 3.8) is 0 Å². The fraction of sp³-hybridized carbons (Fsp3) is 0.640. The van der Waals surface area contributed by atoms with Gasteiger partial charge in [0.2, 0.25) is 0 Å². The second-order valence-electron chi connectivity index (χ2n) is 9.70. The SMILES string of the molecule is COCCn1c2c(c3cc(C(=O)N4CCC(C)CC4)ccc31)CN(CC1CC1)CC2. The zero-order valence-corrected chi connectivity index (χ0v) is 18.5. The minimum absolute atomic E-state index is 0.202. The highest BCUT2D eigenvalue weighted by Gasteiger charge is 2.30. The number of aromatic nitrogens is 1. The van der Waals surface area contributed by atoms with Crippen LogP contribution in [-0.2, 0) is 24.2 Å². The van der Waals surface area contributed by atoms with Crippen LogP contribution in [0.1, 0.15) is 54.2 Å². The first-order valence-corrected chi connectivity index (χ1v) is 11.8. The number of rotatable bonds is 6. The summed E-state index contributed by atoms with van der Waals surface area (Å²) >= 11 is 0. The highest BCUT2D eigenvalue weighted by molar-refractivity contribution is 5.99. The third-order valence-corrected chi connectivity index (χ3v) is 7.38. The number of hydrogen-bond donors (Lipinski definition) is 0. The maximum Gasteiger partial charge on any atom is 0.253 e. The number of methoxy groups -OCH3 is 1. The van der Waals surface area contributed by atoms with Crippen LogP contribution >= 0.6 is 0 Å². The molecule has 0 radical (unpaired) electrons. The van der Waals surface area contributed by atoms with Gasteiger partial charge >= 0.3 is 0 Å². The van der Waals surface area contributed by atoms with E-state index >= 15 is 0 Å². The fourth-order valence-electron chi connectivity index (χ4n) is 5.29. The lowest BCUT2D eigenvalue weighted by Gasteiger charge is -2.30. The van der Waals surface area contributed by atoms with E-state index < -0.39 is 0 Å². The smallest absolute Gasteiger partial charge is 0.253 e. The summed E-state index contributed by atoms with van der Waals surface area (Å²) in [6.45, 7) is 9.05. The van der Waals surface area contributed by atoms with Gasteiger partial charge in [0.05, 0.1) is 6.61 Å². The standard InChI is InChI=1S/C25H35N3O2/c1-18-7-11-27(12-8-18)25(29)20-5-6-23-21(15-20)22-17-26(16-19-3-4-19)10-9-24(22)28(23)13-14-30-2/h5-6,15,18-19H,3-4,7-14,16-17H2,1-2H3. The number of nitrogens with zero attached hydrogens (tertiary/aromatic N) is 3. The van der Waals surface area contributed by atoms with Gasteiger partial charge in [0.15, 0.2) is 0 Å². The normalized spacial score (nSPS) is 20.7. The fourth-order valence-corrected chi connectivity index (χ4v) is 5.29. The van der Waals surface area contributed by atoms with Crippen molar-refractivity contribution < 1.29 is 9.53 Å². The Labute approximate surface area is 180 Å². The van der Waals surface area contributed by atoms with E-state index in [9.17, 15) is 4.79 Å². The van der Waals surface area contributed by atoms with E-state index in [-0.39, 0.29) is 5.91 Å². The first-order valence-electron chi connectivity index (χ1n) is 11.8. The van der Waals surface area contributed by atoms with E-state index in [1.807, 2.05) is 6.07 Å². The molecule has 0 bridgehead atoms. The van der Waals surface area contributed by atoms with E-state index in [1.54, 1.807) is 7.11 Å². The Morgan fingerprint density at radius 2 is 1.93 bits per heavy atom. The number of hydrogen-bond acceptors (Lipinski definition) is 3. The quantitative estimate of drug-likeness (QED) is 0.726. The van der Waals surface area contributed by atoms with Crippen molar-refractivity contribution in [1.29, 1.82) is 0 Å². The summed E-state index contributed by atoms with van der Waals surface area (Å²) in [6.07, 6.45) is 6.12. The van der Waals surface area contributed by atoms with E-state index in [0.717, 1.165) is 69.4 Å². The summed E-state index contributed by atoms with van der Waals surface area (Å²) in [5, 5.41) is 1.28. The number of carbonyl (C=O) groups is 1. The van der Waals surface area contributed by atoms with Crippen LogP contribution in [-0.4, -0.2) is 60.2 Å². The molecule has 30 heavy (non-hydrogen) atoms. The number of fused-ring (bicyclic) bond motifs is 3. The lowest BCUT2D eigenvalue weighted by molar-refractivity contribution is 0.0697. The third-order valence-electron chi connectivity index (χ3n) is 7.38. The average molecular weight is 410 g/mol. The van der Waals surface area contributed by atoms with Crippen LogP contribution < -0.4 is 0 Å². The maximum absolute atomic E-state index is 13.2. The van der Waals surface area contributed by atoms with E-state index in [1.165, 1.54) is 41.5 Å². The van der Waals surface area contributed by atoms with Crippen molar-refractivity contribution in [3.8, 4) is 0 Å². The molecular formula is C25H35N3O2. The van der Waals surface area contributed by atoms with Gasteiger partial charge in [-0.05, 0) is 61.3 Å². The van der Waals surface area contributed by atoms with Gasteiger partial charge in [0.25, 0.3) is 5.91 Å². The molecule has 1 aromatic heterocycles. The molecule has 1 saturated heterocycles. The Kier molecular flexibility index (Phi) is 5.59. The minimum Gasteiger partial charge on any atom is -0.383 e. The monoisotopic (exact) mass is 409 g/mol. The Morgan fingerprint density at radius 1 is 1.13 bits per heavy atom. The van der Waals surface area contributed by atoms with Gasteiger partial charge in [0, 0.05) is 75.0 Å². The minimum atomic E-state index is 0.202. The topological polar surface area (TPSA) is 37.7 Å². The molecule has 2 aromatic rings. The number of carbonyl (C=O) groups excluding carboxylic acids is 1. The second-order valence-corrected chi connectivity index (χ2v) is 9.70. The molecule has 5 rings (SSSR count). The molecule has 3 heterocycles. The van der Waals surface area contributed by atoms with Crippen molar-refractivity contribution in [1.82, 2.24) is 14.4 Å². The number of ether oxygens (including phenoxy) is 1. The molecule has 5 heteroatoms. The molecule has 0 spiro atoms. The van der Waals surface area contributed by atoms with Gasteiger partial charge in [0.1, 0.15) is 0 Å². The summed E-state index contributed by atoms with van der Waals surface area (Å²) < 4.78 is 7.84. The Bertz CT molecular complexity index is 922. The van der Waals surface area contributed by atoms with Crippen LogP contribution in [0, 0.1) is 11.8 Å². The number of benzene rings is 1. The first kappa shape index (κ1) is 20.1. The molecule has 1 aliphatic carbocycles. The first-order chi connectivity index (χ1) is 14.6. The van der Waals surface area contributed by atoms with Crippen LogP contribution in [0.15, 0.2) is 18.2 Å². The Balaban J connectivity index is 1.47. The van der Waals surface area contributed by atoms with Crippen molar-refractivity contribution in [3.05, 3.63) is 35.0 Å². The Morgan fingerprint density at radius 3 is 2.67 bits per heavy atom. The summed E-state index contributed by atoms with van der Waals surface area (Å²) in [7, 11) is 1.77. The molecule has 2 fully saturated rings. The molecule has 0 atom stereocenters. The van der Waals surface area contributed by atoms with Crippen molar-refractivity contribution >= 4 is 16.8 Å². The van der Waals surface area contributed by atoms with Crippen LogP contribution in [0.3, 0.4) is 0 Å². The summed E-state index contributed by atoms with van der Waals surface area (Å²) in [5.41, 5.74) is 5.00. The molecule has 5 nitrogen and oxygen atoms in total. The zero-order chi connectivity index (χ0) is 20.7. The highest BCUT2D eigenvalue weighted by atomic mass is 16.5. The third kappa shape index (κ3) is 3.90. The van der Waals surface area contributed by atoms with Gasteiger partial charge in [-0.2, -0.15) is 0 Å². The van der Waals surface area contributed by atoms with Gasteiger partial charge < -0.3 is 14.2 Å². The molecule has 3 aliphatic rings. The van der Waals surface area contributed by atoms with Crippen LogP contribution in [0.4, 0.5) is 0 Å². The van der Waals surface area contributed by atoms with Gasteiger partial charge in [-0.25, -0.2) is 0 Å². The molecule has 0 N–H and O–H groups in total. The number of amides is 1. The van der Waals surface area contributed by atoms with E-state index in [4.69, 9.17) is 4.74 Å². The van der Waals surface area contributed by atoms with E-state index in [2.05, 4.69) is 33.4 Å². The lowest BCUT2D eigenvalue weighted by atomic mass is 9.98. The van der Waals surface area contributed by atoms with Crippen LogP contribution in [0.25, 0.3) is 10.9 Å². The zero-order valence-electron chi connectivity index (χ0n) is 18.5. The summed E-state index contributed by atoms with van der Waals surface area (Å²) in [4.78, 5) is 17.9. The second kappa shape index (κ2) is 8.35. The van der Waals surface area contributed by atoms with E-state index in [0.29, 0.717) is 6.61 Å². The van der Waals surface area contributed by atoms with Crippen molar-refractivity contribution in [2.45, 2.75) is 52.1 Å². The predicted molar refractivity (Wildman–Crippen MR) is 120 cm³/mol. The molecular weight excluding hydrogens is 374 g/mol. The molecule has 2 aliphatic heterocycles. The molecule has 0 unspecified atom stereocenters. The van der Waals surface area contributed by atoms with Crippen molar-refractivity contribution in [2.75, 3.05) is 39.9 Å². The number of piperidine rings is 1. The molecule has 162 valence electrons. The lowest BCUT2D eigenvalue weighted by Crippen LogP contribution is -2.37. The Hall–Kier alpha value is -1.85. The summed E-state index contributed by atoms with van der Waals surface area (Å²) in [5.74, 6) is 1.84.